The highest BCUT2D eigenvalue weighted by Gasteiger charge is 2.45. The zero-order valence-electron chi connectivity index (χ0n) is 13.0. The number of sulfonamides is 1. The monoisotopic (exact) mass is 365 g/mol. The number of carbonyl (C=O) groups excluding carboxylic acids is 1. The highest BCUT2D eigenvalue weighted by molar-refractivity contribution is 7.93. The van der Waals surface area contributed by atoms with E-state index in [0.717, 1.165) is 10.4 Å². The van der Waals surface area contributed by atoms with Crippen LogP contribution in [0.5, 0.6) is 0 Å². The van der Waals surface area contributed by atoms with Crippen LogP contribution in [0.1, 0.15) is 21.2 Å². The molecule has 0 unspecified atom stereocenters. The molecule has 0 amide bonds. The Morgan fingerprint density at radius 3 is 2.21 bits per heavy atom. The van der Waals surface area contributed by atoms with Gasteiger partial charge in [0.1, 0.15) is 0 Å². The third-order valence-corrected chi connectivity index (χ3v) is 7.84. The fourth-order valence-corrected chi connectivity index (χ4v) is 5.52. The lowest BCUT2D eigenvalue weighted by Gasteiger charge is -2.11. The molecule has 1 atom stereocenters. The SMILES string of the molecule is CN(C)S(=O)(=O)c1ccc2c(c1)C(=O)[C@@H](c1ccccc1)S2(=O)=O. The van der Waals surface area contributed by atoms with Gasteiger partial charge in [-0.15, -0.1) is 0 Å². The second kappa shape index (κ2) is 5.51. The van der Waals surface area contributed by atoms with Crippen LogP contribution in [-0.4, -0.2) is 41.0 Å². The van der Waals surface area contributed by atoms with Gasteiger partial charge in [0, 0.05) is 19.7 Å². The molecule has 6 nitrogen and oxygen atoms in total. The average molecular weight is 365 g/mol. The van der Waals surface area contributed by atoms with Crippen molar-refractivity contribution >= 4 is 25.6 Å². The van der Waals surface area contributed by atoms with E-state index in [0.29, 0.717) is 5.56 Å². The first-order valence-electron chi connectivity index (χ1n) is 7.07. The molecule has 0 N–H and O–H groups in total. The molecule has 1 heterocycles. The fraction of sp³-hybridized carbons (Fsp3) is 0.188. The van der Waals surface area contributed by atoms with Crippen LogP contribution in [0.4, 0.5) is 0 Å². The molecule has 1 aliphatic heterocycles. The minimum absolute atomic E-state index is 0.0771. The third-order valence-electron chi connectivity index (χ3n) is 3.95. The van der Waals surface area contributed by atoms with Crippen molar-refractivity contribution in [2.24, 2.45) is 0 Å². The first-order valence-corrected chi connectivity index (χ1v) is 10.1. The highest BCUT2D eigenvalue weighted by atomic mass is 32.2. The van der Waals surface area contributed by atoms with Gasteiger partial charge in [0.05, 0.1) is 9.79 Å². The Morgan fingerprint density at radius 1 is 1.00 bits per heavy atom. The van der Waals surface area contributed by atoms with Crippen LogP contribution in [0.15, 0.2) is 58.3 Å². The van der Waals surface area contributed by atoms with Crippen LogP contribution < -0.4 is 0 Å². The Kier molecular flexibility index (Phi) is 3.86. The smallest absolute Gasteiger partial charge is 0.242 e. The van der Waals surface area contributed by atoms with Crippen LogP contribution in [0.2, 0.25) is 0 Å². The highest BCUT2D eigenvalue weighted by Crippen LogP contribution is 2.41. The first kappa shape index (κ1) is 16.8. The quantitative estimate of drug-likeness (QED) is 0.825. The van der Waals surface area contributed by atoms with Gasteiger partial charge in [0.15, 0.2) is 20.9 Å². The summed E-state index contributed by atoms with van der Waals surface area (Å²) >= 11 is 0. The van der Waals surface area contributed by atoms with Gasteiger partial charge < -0.3 is 0 Å². The van der Waals surface area contributed by atoms with Crippen LogP contribution in [0.25, 0.3) is 0 Å². The molecule has 0 aliphatic carbocycles. The molecule has 2 aromatic carbocycles. The van der Waals surface area contributed by atoms with E-state index in [1.807, 2.05) is 0 Å². The molecule has 0 radical (unpaired) electrons. The predicted octanol–water partition coefficient (Wildman–Crippen LogP) is 1.65. The second-order valence-electron chi connectivity index (χ2n) is 5.65. The van der Waals surface area contributed by atoms with E-state index in [2.05, 4.69) is 0 Å². The van der Waals surface area contributed by atoms with Crippen LogP contribution in [0, 0.1) is 0 Å². The van der Waals surface area contributed by atoms with Gasteiger partial charge in [0.25, 0.3) is 0 Å². The average Bonchev–Trinajstić information content (AvgIpc) is 2.74. The Bertz CT molecular complexity index is 1030. The van der Waals surface area contributed by atoms with Crippen LogP contribution >= 0.6 is 0 Å². The zero-order chi connectivity index (χ0) is 17.7. The maximum Gasteiger partial charge on any atom is 0.242 e. The molecular weight excluding hydrogens is 350 g/mol. The summed E-state index contributed by atoms with van der Waals surface area (Å²) in [5.41, 5.74) is 0.294. The standard InChI is InChI=1S/C16H15NO5S2/c1-17(2)24(21,22)12-8-9-14-13(10-12)15(18)16(23(14,19)20)11-6-4-3-5-7-11/h3-10,16H,1-2H3/t16-/m1/s1. The minimum atomic E-state index is -3.89. The molecule has 126 valence electrons. The summed E-state index contributed by atoms with van der Waals surface area (Å²) in [4.78, 5) is 12.4. The lowest BCUT2D eigenvalue weighted by atomic mass is 10.0. The summed E-state index contributed by atoms with van der Waals surface area (Å²) in [7, 11) is -4.91. The van der Waals surface area contributed by atoms with E-state index in [1.54, 1.807) is 30.3 Å². The maximum atomic E-state index is 12.7. The largest absolute Gasteiger partial charge is 0.292 e. The molecule has 0 bridgehead atoms. The molecule has 24 heavy (non-hydrogen) atoms. The normalized spacial score (nSPS) is 19.5. The Morgan fingerprint density at radius 2 is 1.62 bits per heavy atom. The number of carbonyl (C=O) groups is 1. The van der Waals surface area contributed by atoms with Gasteiger partial charge in [-0.1, -0.05) is 30.3 Å². The Labute approximate surface area is 140 Å². The van der Waals surface area contributed by atoms with Gasteiger partial charge in [-0.05, 0) is 23.8 Å². The first-order chi connectivity index (χ1) is 11.2. The number of rotatable bonds is 3. The van der Waals surface area contributed by atoms with Gasteiger partial charge in [-0.3, -0.25) is 4.79 Å². The number of fused-ring (bicyclic) bond motifs is 1. The lowest BCUT2D eigenvalue weighted by Crippen LogP contribution is -2.22. The minimum Gasteiger partial charge on any atom is -0.292 e. The van der Waals surface area contributed by atoms with Crippen molar-refractivity contribution in [3.8, 4) is 0 Å². The van der Waals surface area contributed by atoms with E-state index in [9.17, 15) is 21.6 Å². The van der Waals surface area contributed by atoms with Crippen molar-refractivity contribution in [1.82, 2.24) is 4.31 Å². The number of nitrogens with zero attached hydrogens (tertiary/aromatic N) is 1. The summed E-state index contributed by atoms with van der Waals surface area (Å²) in [6.07, 6.45) is 0. The molecule has 2 aromatic rings. The Hall–Kier alpha value is -2.03. The lowest BCUT2D eigenvalue weighted by molar-refractivity contribution is 0.0990. The summed E-state index contributed by atoms with van der Waals surface area (Å²) in [5.74, 6) is -0.605. The molecule has 0 saturated carbocycles. The van der Waals surface area contributed by atoms with E-state index < -0.39 is 30.9 Å². The van der Waals surface area contributed by atoms with E-state index in [1.165, 1.54) is 26.2 Å². The van der Waals surface area contributed by atoms with Gasteiger partial charge in [-0.2, -0.15) is 0 Å². The molecule has 0 fully saturated rings. The van der Waals surface area contributed by atoms with Crippen molar-refractivity contribution in [2.75, 3.05) is 14.1 Å². The maximum absolute atomic E-state index is 12.7. The molecule has 0 aromatic heterocycles. The van der Waals surface area contributed by atoms with E-state index in [4.69, 9.17) is 0 Å². The number of hydrogen-bond acceptors (Lipinski definition) is 5. The van der Waals surface area contributed by atoms with E-state index >= 15 is 0 Å². The van der Waals surface area contributed by atoms with Gasteiger partial charge in [0.2, 0.25) is 10.0 Å². The van der Waals surface area contributed by atoms with Crippen molar-refractivity contribution < 1.29 is 21.6 Å². The number of ketones is 1. The van der Waals surface area contributed by atoms with Crippen molar-refractivity contribution in [3.63, 3.8) is 0 Å². The molecule has 8 heteroatoms. The number of benzene rings is 2. The molecular formula is C16H15NO5S2. The summed E-state index contributed by atoms with van der Waals surface area (Å²) in [5, 5.41) is -1.33. The third kappa shape index (κ3) is 2.38. The Balaban J connectivity index is 2.20. The van der Waals surface area contributed by atoms with Crippen molar-refractivity contribution in [3.05, 3.63) is 59.7 Å². The van der Waals surface area contributed by atoms with Crippen molar-refractivity contribution in [2.45, 2.75) is 15.0 Å². The fourth-order valence-electron chi connectivity index (χ4n) is 2.69. The predicted molar refractivity (Wildman–Crippen MR) is 88.0 cm³/mol. The van der Waals surface area contributed by atoms with Crippen LogP contribution in [-0.2, 0) is 19.9 Å². The molecule has 3 rings (SSSR count). The topological polar surface area (TPSA) is 88.6 Å². The van der Waals surface area contributed by atoms with Gasteiger partial charge >= 0.3 is 0 Å². The molecule has 0 saturated heterocycles. The molecule has 0 spiro atoms. The summed E-state index contributed by atoms with van der Waals surface area (Å²) < 4.78 is 50.9. The van der Waals surface area contributed by atoms with Crippen molar-refractivity contribution in [1.29, 1.82) is 0 Å². The molecule has 1 aliphatic rings. The number of sulfone groups is 1. The number of hydrogen-bond donors (Lipinski definition) is 0. The van der Waals surface area contributed by atoms with Crippen LogP contribution in [0.3, 0.4) is 0 Å². The second-order valence-corrected chi connectivity index (χ2v) is 9.80. The zero-order valence-corrected chi connectivity index (χ0v) is 14.6. The summed E-state index contributed by atoms with van der Waals surface area (Å²) in [6.45, 7) is 0. The number of Topliss-reactive ketones (excluding diaryl/α,β-unsaturated/α-hetero) is 1. The summed E-state index contributed by atoms with van der Waals surface area (Å²) in [6, 6.07) is 11.7. The van der Waals surface area contributed by atoms with Gasteiger partial charge in [-0.25, -0.2) is 21.1 Å². The van der Waals surface area contributed by atoms with E-state index in [-0.39, 0.29) is 15.4 Å².